The van der Waals surface area contributed by atoms with E-state index in [1.807, 2.05) is 12.1 Å². The molecule has 15 heteroatoms. The van der Waals surface area contributed by atoms with Gasteiger partial charge in [0.15, 0.2) is 11.4 Å². The van der Waals surface area contributed by atoms with Crippen LogP contribution in [0.15, 0.2) is 55.1 Å². The highest BCUT2D eigenvalue weighted by Gasteiger charge is 2.35. The fraction of sp³-hybridized carbons (Fsp3) is 0.421. The number of rotatable bonds is 12. The number of amides is 1. The van der Waals surface area contributed by atoms with Gasteiger partial charge in [-0.05, 0) is 55.9 Å². The van der Waals surface area contributed by atoms with Crippen LogP contribution in [-0.2, 0) is 9.47 Å². The minimum Gasteiger partial charge on any atom is -0.494 e. The first-order chi connectivity index (χ1) is 25.8. The van der Waals surface area contributed by atoms with Crippen LogP contribution >= 0.6 is 0 Å². The van der Waals surface area contributed by atoms with Gasteiger partial charge in [0.1, 0.15) is 16.9 Å². The largest absolute Gasteiger partial charge is 0.494 e. The van der Waals surface area contributed by atoms with Crippen LogP contribution in [0.25, 0.3) is 16.6 Å². The van der Waals surface area contributed by atoms with E-state index in [2.05, 4.69) is 36.1 Å². The summed E-state index contributed by atoms with van der Waals surface area (Å²) in [6, 6.07) is 9.29. The Hall–Kier alpha value is -5.70. The van der Waals surface area contributed by atoms with Crippen molar-refractivity contribution in [3.8, 4) is 11.5 Å². The topological polar surface area (TPSA) is 155 Å². The van der Waals surface area contributed by atoms with Crippen molar-refractivity contribution < 1.29 is 33.3 Å². The Morgan fingerprint density at radius 3 is 2.47 bits per heavy atom. The first-order valence-electron chi connectivity index (χ1n) is 17.9. The molecule has 3 fully saturated rings. The van der Waals surface area contributed by atoms with Crippen LogP contribution in [0.3, 0.4) is 0 Å². The molecule has 1 N–H and O–H groups in total. The van der Waals surface area contributed by atoms with Crippen LogP contribution in [0.2, 0.25) is 0 Å². The Morgan fingerprint density at radius 1 is 0.943 bits per heavy atom. The van der Waals surface area contributed by atoms with Crippen LogP contribution in [0.5, 0.6) is 11.5 Å². The Balaban J connectivity index is 0.909. The lowest BCUT2D eigenvalue weighted by Gasteiger charge is -2.44. The summed E-state index contributed by atoms with van der Waals surface area (Å²) in [6.07, 6.45) is 11.2. The van der Waals surface area contributed by atoms with E-state index in [9.17, 15) is 14.4 Å². The van der Waals surface area contributed by atoms with E-state index >= 15 is 0 Å². The van der Waals surface area contributed by atoms with Crippen LogP contribution < -0.4 is 19.7 Å². The monoisotopic (exact) mass is 722 g/mol. The summed E-state index contributed by atoms with van der Waals surface area (Å²) in [5.74, 6) is 0.334. The van der Waals surface area contributed by atoms with Gasteiger partial charge in [-0.3, -0.25) is 9.48 Å². The number of likely N-dealkylation sites (tertiary alicyclic amines) is 1. The number of benzene rings is 2. The molecule has 0 bridgehead atoms. The number of fused-ring (bicyclic) bond motifs is 2. The zero-order valence-corrected chi connectivity index (χ0v) is 30.0. The van der Waals surface area contributed by atoms with Gasteiger partial charge in [-0.25, -0.2) is 19.1 Å². The minimum atomic E-state index is -0.652. The van der Waals surface area contributed by atoms with Crippen molar-refractivity contribution in [2.75, 3.05) is 70.9 Å². The van der Waals surface area contributed by atoms with Crippen LogP contribution in [0.4, 0.5) is 11.4 Å². The van der Waals surface area contributed by atoms with Crippen molar-refractivity contribution in [3.63, 3.8) is 0 Å². The van der Waals surface area contributed by atoms with E-state index in [0.717, 1.165) is 75.0 Å². The first kappa shape index (κ1) is 34.4. The molecule has 1 aliphatic carbocycles. The summed E-state index contributed by atoms with van der Waals surface area (Å²) in [6.45, 7) is 5.07. The number of piperidine rings is 1. The average molecular weight is 723 g/mol. The molecule has 0 unspecified atom stereocenters. The molecule has 2 aromatic carbocycles. The molecular formula is C38H42N8O7. The Morgan fingerprint density at radius 2 is 1.74 bits per heavy atom. The smallest absolute Gasteiger partial charge is 0.342 e. The van der Waals surface area contributed by atoms with E-state index in [1.165, 1.54) is 27.5 Å². The van der Waals surface area contributed by atoms with E-state index in [-0.39, 0.29) is 23.1 Å². The molecule has 5 aromatic rings. The van der Waals surface area contributed by atoms with Gasteiger partial charge in [0, 0.05) is 68.7 Å². The summed E-state index contributed by atoms with van der Waals surface area (Å²) in [5.41, 5.74) is 3.23. The van der Waals surface area contributed by atoms with Gasteiger partial charge in [0.2, 0.25) is 0 Å². The van der Waals surface area contributed by atoms with Crippen molar-refractivity contribution in [3.05, 3.63) is 71.8 Å². The quantitative estimate of drug-likeness (QED) is 0.181. The lowest BCUT2D eigenvalue weighted by Crippen LogP contribution is -2.52. The van der Waals surface area contributed by atoms with E-state index < -0.39 is 11.9 Å². The molecule has 0 radical (unpaired) electrons. The first-order valence-corrected chi connectivity index (χ1v) is 17.9. The number of ether oxygens (including phenoxy) is 4. The van der Waals surface area contributed by atoms with Crippen LogP contribution in [-0.4, -0.2) is 108 Å². The van der Waals surface area contributed by atoms with Crippen molar-refractivity contribution >= 4 is 45.8 Å². The molecule has 3 aliphatic rings. The van der Waals surface area contributed by atoms with Crippen molar-refractivity contribution in [2.24, 2.45) is 11.8 Å². The third-order valence-corrected chi connectivity index (χ3v) is 10.4. The molecule has 0 atom stereocenters. The molecule has 3 aromatic heterocycles. The molecule has 5 heterocycles. The maximum Gasteiger partial charge on any atom is 0.342 e. The molecule has 8 rings (SSSR count). The van der Waals surface area contributed by atoms with Gasteiger partial charge >= 0.3 is 11.9 Å². The summed E-state index contributed by atoms with van der Waals surface area (Å²) >= 11 is 0. The standard InChI is InChI=1S/C38H42N8O7/c1-50-34-31(8-7-27(37(48)51-2)33(34)38(49)52-3)44-19-24(20-44)18-43-13-9-26(10-14-43)46-21-25-15-30(32(16-29(25)42-46)53-22-23-5-6-23)41-36(47)28-17-40-45-12-4-11-39-35(28)45/h4,7-8,11-12,15-17,21,23-24,26H,5-6,9-10,13-14,18-20,22H2,1-3H3,(H,41,47). The average Bonchev–Trinajstić information content (AvgIpc) is 3.75. The molecule has 1 saturated carbocycles. The van der Waals surface area contributed by atoms with Gasteiger partial charge in [-0.1, -0.05) is 0 Å². The van der Waals surface area contributed by atoms with Gasteiger partial charge < -0.3 is 34.1 Å². The predicted molar refractivity (Wildman–Crippen MR) is 195 cm³/mol. The SMILES string of the molecule is COC(=O)c1ccc(N2CC(CN3CCC(n4cc5cc(NC(=O)c6cnn7cccnc67)c(OCC6CC6)cc5n4)CC3)C2)c(OC)c1C(=O)OC. The second kappa shape index (κ2) is 14.4. The lowest BCUT2D eigenvalue weighted by molar-refractivity contribution is 0.0552. The summed E-state index contributed by atoms with van der Waals surface area (Å²) in [7, 11) is 4.03. The number of hydrogen-bond acceptors (Lipinski definition) is 12. The summed E-state index contributed by atoms with van der Waals surface area (Å²) in [5, 5.41) is 13.2. The van der Waals surface area contributed by atoms with E-state index in [4.69, 9.17) is 24.0 Å². The molecule has 2 aliphatic heterocycles. The second-order valence-corrected chi connectivity index (χ2v) is 14.0. The van der Waals surface area contributed by atoms with E-state index in [1.54, 1.807) is 35.1 Å². The van der Waals surface area contributed by atoms with Gasteiger partial charge in [-0.15, -0.1) is 0 Å². The van der Waals surface area contributed by atoms with Gasteiger partial charge in [0.25, 0.3) is 5.91 Å². The molecule has 1 amide bonds. The highest BCUT2D eigenvalue weighted by molar-refractivity contribution is 6.09. The second-order valence-electron chi connectivity index (χ2n) is 14.0. The zero-order chi connectivity index (χ0) is 36.6. The number of esters is 2. The van der Waals surface area contributed by atoms with Crippen molar-refractivity contribution in [2.45, 2.75) is 31.7 Å². The number of hydrogen-bond donors (Lipinski definition) is 1. The predicted octanol–water partition coefficient (Wildman–Crippen LogP) is 4.48. The van der Waals surface area contributed by atoms with Crippen LogP contribution in [0, 0.1) is 11.8 Å². The molecule has 0 spiro atoms. The van der Waals surface area contributed by atoms with Crippen LogP contribution in [0.1, 0.15) is 62.8 Å². The number of carbonyl (C=O) groups is 3. The highest BCUT2D eigenvalue weighted by atomic mass is 16.5. The molecule has 276 valence electrons. The number of nitrogens with one attached hydrogen (secondary N) is 1. The Bertz CT molecular complexity index is 2180. The summed E-state index contributed by atoms with van der Waals surface area (Å²) < 4.78 is 25.4. The number of nitrogens with zero attached hydrogens (tertiary/aromatic N) is 7. The number of anilines is 2. The van der Waals surface area contributed by atoms with Crippen molar-refractivity contribution in [1.82, 2.24) is 29.3 Å². The summed E-state index contributed by atoms with van der Waals surface area (Å²) in [4.78, 5) is 47.4. The number of aromatic nitrogens is 5. The fourth-order valence-electron chi connectivity index (χ4n) is 7.37. The third-order valence-electron chi connectivity index (χ3n) is 10.4. The number of carbonyl (C=O) groups excluding carboxylic acids is 3. The molecule has 53 heavy (non-hydrogen) atoms. The maximum absolute atomic E-state index is 13.4. The minimum absolute atomic E-state index is 0.0695. The maximum atomic E-state index is 13.4. The Labute approximate surface area is 305 Å². The normalized spacial score (nSPS) is 16.8. The third kappa shape index (κ3) is 6.83. The van der Waals surface area contributed by atoms with Crippen molar-refractivity contribution in [1.29, 1.82) is 0 Å². The fourth-order valence-corrected chi connectivity index (χ4v) is 7.37. The zero-order valence-electron chi connectivity index (χ0n) is 30.0. The molecular weight excluding hydrogens is 680 g/mol. The highest BCUT2D eigenvalue weighted by Crippen LogP contribution is 2.39. The van der Waals surface area contributed by atoms with Gasteiger partial charge in [-0.2, -0.15) is 10.2 Å². The molecule has 2 saturated heterocycles. The molecule has 15 nitrogen and oxygen atoms in total. The number of methoxy groups -OCH3 is 3. The van der Waals surface area contributed by atoms with Gasteiger partial charge in [0.05, 0.1) is 62.6 Å². The lowest BCUT2D eigenvalue weighted by atomic mass is 9.95. The Kier molecular flexibility index (Phi) is 9.33. The van der Waals surface area contributed by atoms with E-state index in [0.29, 0.717) is 46.8 Å².